The lowest BCUT2D eigenvalue weighted by Crippen LogP contribution is -2.13. The van der Waals surface area contributed by atoms with Gasteiger partial charge in [0.15, 0.2) is 0 Å². The summed E-state index contributed by atoms with van der Waals surface area (Å²) in [6.45, 7) is 3.74. The molecule has 1 aromatic rings. The Labute approximate surface area is 94.1 Å². The lowest BCUT2D eigenvalue weighted by Gasteiger charge is -2.14. The van der Waals surface area contributed by atoms with E-state index in [1.165, 1.54) is 11.8 Å². The molecule has 0 N–H and O–H groups in total. The molecule has 0 unspecified atom stereocenters. The van der Waals surface area contributed by atoms with Crippen LogP contribution in [0.1, 0.15) is 19.4 Å². The summed E-state index contributed by atoms with van der Waals surface area (Å²) in [6.07, 6.45) is 0. The topological polar surface area (TPSA) is 23.8 Å². The number of nitriles is 1. The summed E-state index contributed by atoms with van der Waals surface area (Å²) < 4.78 is 0.324. The van der Waals surface area contributed by atoms with Crippen molar-refractivity contribution in [3.63, 3.8) is 0 Å². The van der Waals surface area contributed by atoms with Crippen molar-refractivity contribution < 1.29 is 0 Å². The fourth-order valence-corrected chi connectivity index (χ4v) is 2.41. The Morgan fingerprint density at radius 3 is 2.43 bits per heavy atom. The minimum atomic E-state index is -0.451. The van der Waals surface area contributed by atoms with E-state index in [1.807, 2.05) is 44.2 Å². The van der Waals surface area contributed by atoms with E-state index in [0.717, 1.165) is 9.76 Å². The minimum Gasteiger partial charge on any atom is -0.197 e. The van der Waals surface area contributed by atoms with Crippen LogP contribution in [0, 0.1) is 11.3 Å². The fraction of sp³-hybridized carbons (Fsp3) is 0.273. The average Bonchev–Trinajstić information content (AvgIpc) is 2.19. The highest BCUT2D eigenvalue weighted by Crippen LogP contribution is 2.27. The van der Waals surface area contributed by atoms with Gasteiger partial charge < -0.3 is 0 Å². The number of thioether (sulfide) groups is 1. The smallest absolute Gasteiger partial charge is 0.102 e. The Kier molecular flexibility index (Phi) is 3.68. The van der Waals surface area contributed by atoms with Crippen molar-refractivity contribution in [3.05, 3.63) is 35.9 Å². The van der Waals surface area contributed by atoms with Crippen molar-refractivity contribution in [2.45, 2.75) is 18.6 Å². The highest BCUT2D eigenvalue weighted by molar-refractivity contribution is 8.24. The molecule has 0 amide bonds. The summed E-state index contributed by atoms with van der Waals surface area (Å²) in [5, 5.41) is 8.86. The van der Waals surface area contributed by atoms with Crippen LogP contribution in [0.3, 0.4) is 0 Å². The van der Waals surface area contributed by atoms with Gasteiger partial charge in [0, 0.05) is 0 Å². The molecule has 0 spiro atoms. The first-order valence-electron chi connectivity index (χ1n) is 4.25. The maximum Gasteiger partial charge on any atom is 0.102 e. The Bertz CT molecular complexity index is 363. The normalized spacial score (nSPS) is 10.6. The summed E-state index contributed by atoms with van der Waals surface area (Å²) >= 11 is 6.67. The van der Waals surface area contributed by atoms with E-state index in [9.17, 15) is 0 Å². The van der Waals surface area contributed by atoms with Crippen LogP contribution in [0.4, 0.5) is 0 Å². The van der Waals surface area contributed by atoms with Gasteiger partial charge in [-0.1, -0.05) is 54.3 Å². The quantitative estimate of drug-likeness (QED) is 0.715. The molecule has 0 fully saturated rings. The summed E-state index contributed by atoms with van der Waals surface area (Å²) in [7, 11) is 0. The van der Waals surface area contributed by atoms with Gasteiger partial charge in [-0.05, 0) is 19.4 Å². The number of benzene rings is 1. The minimum absolute atomic E-state index is 0.451. The number of thiocarbonyl (C=S) groups is 1. The van der Waals surface area contributed by atoms with Gasteiger partial charge in [-0.2, -0.15) is 5.26 Å². The van der Waals surface area contributed by atoms with Crippen LogP contribution in [-0.4, -0.2) is 8.94 Å². The first-order chi connectivity index (χ1) is 6.55. The fourth-order valence-electron chi connectivity index (χ4n) is 0.888. The zero-order valence-corrected chi connectivity index (χ0v) is 9.78. The summed E-state index contributed by atoms with van der Waals surface area (Å²) in [5.41, 5.74) is 1.01. The van der Waals surface area contributed by atoms with Gasteiger partial charge in [0.2, 0.25) is 0 Å². The highest BCUT2D eigenvalue weighted by Gasteiger charge is 2.20. The molecule has 1 nitrogen and oxygen atoms in total. The number of rotatable bonds is 2. The molecule has 3 heteroatoms. The van der Waals surface area contributed by atoms with Crippen molar-refractivity contribution in [1.82, 2.24) is 0 Å². The SMILES string of the molecule is CC(C)(C#N)SC(=S)c1ccccc1. The molecule has 0 heterocycles. The van der Waals surface area contributed by atoms with Crippen molar-refractivity contribution in [2.75, 3.05) is 0 Å². The molecule has 0 saturated heterocycles. The molecule has 0 aliphatic carbocycles. The monoisotopic (exact) mass is 221 g/mol. The second-order valence-corrected chi connectivity index (χ2v) is 5.68. The van der Waals surface area contributed by atoms with Gasteiger partial charge in [0.25, 0.3) is 0 Å². The Hall–Kier alpha value is -0.850. The van der Waals surface area contributed by atoms with E-state index in [0.29, 0.717) is 0 Å². The number of hydrogen-bond acceptors (Lipinski definition) is 3. The summed E-state index contributed by atoms with van der Waals surface area (Å²) in [6, 6.07) is 12.0. The Morgan fingerprint density at radius 1 is 1.36 bits per heavy atom. The van der Waals surface area contributed by atoms with E-state index in [2.05, 4.69) is 6.07 Å². The van der Waals surface area contributed by atoms with Crippen LogP contribution in [0.2, 0.25) is 0 Å². The van der Waals surface area contributed by atoms with Crippen molar-refractivity contribution in [3.8, 4) is 6.07 Å². The Balaban J connectivity index is 2.75. The molecule has 0 aromatic heterocycles. The zero-order chi connectivity index (χ0) is 10.6. The molecule has 0 aliphatic rings. The molecule has 0 bridgehead atoms. The summed E-state index contributed by atoms with van der Waals surface area (Å²) in [4.78, 5) is 0. The largest absolute Gasteiger partial charge is 0.197 e. The van der Waals surface area contributed by atoms with Gasteiger partial charge in [-0.15, -0.1) is 0 Å². The third-order valence-electron chi connectivity index (χ3n) is 1.63. The number of hydrogen-bond donors (Lipinski definition) is 0. The van der Waals surface area contributed by atoms with Crippen molar-refractivity contribution in [2.24, 2.45) is 0 Å². The number of nitrogens with zero attached hydrogens (tertiary/aromatic N) is 1. The first kappa shape index (κ1) is 11.2. The molecule has 0 radical (unpaired) electrons. The van der Waals surface area contributed by atoms with Crippen molar-refractivity contribution >= 4 is 28.2 Å². The second-order valence-electron chi connectivity index (χ2n) is 3.38. The van der Waals surface area contributed by atoms with Crippen molar-refractivity contribution in [1.29, 1.82) is 5.26 Å². The molecule has 0 atom stereocenters. The van der Waals surface area contributed by atoms with Crippen LogP contribution in [0.15, 0.2) is 30.3 Å². The molecule has 0 aliphatic heterocycles. The Morgan fingerprint density at radius 2 is 1.93 bits per heavy atom. The van der Waals surface area contributed by atoms with E-state index in [-0.39, 0.29) is 0 Å². The molecule has 1 rings (SSSR count). The highest BCUT2D eigenvalue weighted by atomic mass is 32.2. The van der Waals surface area contributed by atoms with E-state index in [1.54, 1.807) is 0 Å². The third-order valence-corrected chi connectivity index (χ3v) is 3.13. The maximum absolute atomic E-state index is 8.86. The van der Waals surface area contributed by atoms with Crippen LogP contribution >= 0.6 is 24.0 Å². The molecule has 0 saturated carbocycles. The standard InChI is InChI=1S/C11H11NS2/c1-11(2,8-12)14-10(13)9-6-4-3-5-7-9/h3-7H,1-2H3. The average molecular weight is 221 g/mol. The van der Waals surface area contributed by atoms with Gasteiger partial charge in [0.05, 0.1) is 10.3 Å². The maximum atomic E-state index is 8.86. The van der Waals surface area contributed by atoms with E-state index in [4.69, 9.17) is 17.5 Å². The van der Waals surface area contributed by atoms with Gasteiger partial charge in [-0.3, -0.25) is 0 Å². The first-order valence-corrected chi connectivity index (χ1v) is 5.47. The predicted octanol–water partition coefficient (Wildman–Crippen LogP) is 3.40. The summed E-state index contributed by atoms with van der Waals surface area (Å²) in [5.74, 6) is 0. The molecular formula is C11H11NS2. The van der Waals surface area contributed by atoms with Gasteiger partial charge in [-0.25, -0.2) is 0 Å². The van der Waals surface area contributed by atoms with Crippen LogP contribution < -0.4 is 0 Å². The van der Waals surface area contributed by atoms with E-state index < -0.39 is 4.75 Å². The van der Waals surface area contributed by atoms with E-state index >= 15 is 0 Å². The lowest BCUT2D eigenvalue weighted by atomic mass is 10.2. The predicted molar refractivity (Wildman–Crippen MR) is 65.4 cm³/mol. The molecular weight excluding hydrogens is 210 g/mol. The van der Waals surface area contributed by atoms with Gasteiger partial charge >= 0.3 is 0 Å². The van der Waals surface area contributed by atoms with Crippen LogP contribution in [-0.2, 0) is 0 Å². The van der Waals surface area contributed by atoms with Gasteiger partial charge in [0.1, 0.15) is 4.75 Å². The molecule has 14 heavy (non-hydrogen) atoms. The van der Waals surface area contributed by atoms with Crippen LogP contribution in [0.5, 0.6) is 0 Å². The lowest BCUT2D eigenvalue weighted by molar-refractivity contribution is 0.921. The van der Waals surface area contributed by atoms with Crippen LogP contribution in [0.25, 0.3) is 0 Å². The molecule has 72 valence electrons. The second kappa shape index (κ2) is 4.59. The molecule has 1 aromatic carbocycles. The third kappa shape index (κ3) is 3.13. The zero-order valence-electron chi connectivity index (χ0n) is 8.15.